The quantitative estimate of drug-likeness (QED) is 0.447. The van der Waals surface area contributed by atoms with E-state index < -0.39 is 0 Å². The Morgan fingerprint density at radius 3 is 2.45 bits per heavy atom. The van der Waals surface area contributed by atoms with E-state index in [1.807, 2.05) is 55.5 Å². The first-order valence-electron chi connectivity index (χ1n) is 9.94. The number of carbonyl (C=O) groups excluding carboxylic acids is 1. The highest BCUT2D eigenvalue weighted by Crippen LogP contribution is 2.26. The average Bonchev–Trinajstić information content (AvgIpc) is 3.21. The number of ether oxygens (including phenoxy) is 1. The summed E-state index contributed by atoms with van der Waals surface area (Å²) >= 11 is 0. The number of aromatic nitrogens is 3. The van der Waals surface area contributed by atoms with Crippen LogP contribution in [-0.2, 0) is 0 Å². The molecule has 152 valence electrons. The second kappa shape index (κ2) is 7.57. The first-order chi connectivity index (χ1) is 15.1. The molecular formula is C25H20N4O2. The molecule has 1 heterocycles. The summed E-state index contributed by atoms with van der Waals surface area (Å²) in [5, 5.41) is 14.5. The van der Waals surface area contributed by atoms with Crippen molar-refractivity contribution in [1.29, 1.82) is 0 Å². The lowest BCUT2D eigenvalue weighted by Gasteiger charge is -2.10. The minimum absolute atomic E-state index is 0.235. The maximum atomic E-state index is 12.8. The van der Waals surface area contributed by atoms with Crippen LogP contribution in [0, 0.1) is 6.92 Å². The Balaban J connectivity index is 1.53. The minimum atomic E-state index is -0.235. The van der Waals surface area contributed by atoms with Gasteiger partial charge in [-0.25, -0.2) is 0 Å². The van der Waals surface area contributed by atoms with Gasteiger partial charge in [0.05, 0.1) is 18.4 Å². The van der Waals surface area contributed by atoms with Gasteiger partial charge in [0.15, 0.2) is 0 Å². The summed E-state index contributed by atoms with van der Waals surface area (Å²) in [7, 11) is 1.55. The molecule has 0 bridgehead atoms. The highest BCUT2D eigenvalue weighted by Gasteiger charge is 2.15. The van der Waals surface area contributed by atoms with Crippen LogP contribution in [0.5, 0.6) is 5.75 Å². The van der Waals surface area contributed by atoms with E-state index in [0.29, 0.717) is 22.5 Å². The SMILES string of the molecule is COc1ccccc1C(=O)Nc1cc2nn(-c3cccc4ccccc34)nc2cc1C. The van der Waals surface area contributed by atoms with Crippen molar-refractivity contribution in [2.24, 2.45) is 0 Å². The number of nitrogens with one attached hydrogen (secondary N) is 1. The van der Waals surface area contributed by atoms with Gasteiger partial charge in [0.25, 0.3) is 5.91 Å². The maximum Gasteiger partial charge on any atom is 0.259 e. The van der Waals surface area contributed by atoms with Gasteiger partial charge in [-0.15, -0.1) is 15.0 Å². The second-order valence-electron chi connectivity index (χ2n) is 7.30. The number of amides is 1. The van der Waals surface area contributed by atoms with Crippen molar-refractivity contribution in [1.82, 2.24) is 15.0 Å². The Morgan fingerprint density at radius 1 is 0.903 bits per heavy atom. The zero-order valence-electron chi connectivity index (χ0n) is 17.2. The maximum absolute atomic E-state index is 12.8. The molecule has 5 rings (SSSR count). The van der Waals surface area contributed by atoms with Gasteiger partial charge in [0, 0.05) is 11.1 Å². The zero-order valence-corrected chi connectivity index (χ0v) is 17.2. The number of hydrogen-bond donors (Lipinski definition) is 1. The fourth-order valence-corrected chi connectivity index (χ4v) is 3.71. The first kappa shape index (κ1) is 18.8. The van der Waals surface area contributed by atoms with E-state index in [0.717, 1.165) is 27.5 Å². The molecule has 6 heteroatoms. The predicted octanol–water partition coefficient (Wildman–Crippen LogP) is 5.14. The Hall–Kier alpha value is -4.19. The molecule has 1 amide bonds. The number of para-hydroxylation sites is 1. The van der Waals surface area contributed by atoms with E-state index in [-0.39, 0.29) is 5.91 Å². The number of fused-ring (bicyclic) bond motifs is 2. The van der Waals surface area contributed by atoms with E-state index in [9.17, 15) is 4.79 Å². The van der Waals surface area contributed by atoms with Crippen LogP contribution in [0.4, 0.5) is 5.69 Å². The van der Waals surface area contributed by atoms with Crippen LogP contribution in [0.15, 0.2) is 78.9 Å². The third-order valence-electron chi connectivity index (χ3n) is 5.31. The topological polar surface area (TPSA) is 69.0 Å². The Kier molecular flexibility index (Phi) is 4.59. The molecule has 1 aromatic heterocycles. The Morgan fingerprint density at radius 2 is 1.61 bits per heavy atom. The molecular weight excluding hydrogens is 388 g/mol. The normalized spacial score (nSPS) is 11.0. The molecule has 0 saturated heterocycles. The van der Waals surface area contributed by atoms with Gasteiger partial charge in [-0.1, -0.05) is 48.5 Å². The molecule has 31 heavy (non-hydrogen) atoms. The molecule has 4 aromatic carbocycles. The monoisotopic (exact) mass is 408 g/mol. The van der Waals surface area contributed by atoms with Gasteiger partial charge in [-0.3, -0.25) is 4.79 Å². The number of carbonyl (C=O) groups is 1. The first-order valence-corrected chi connectivity index (χ1v) is 9.94. The fraction of sp³-hybridized carbons (Fsp3) is 0.0800. The van der Waals surface area contributed by atoms with E-state index in [1.165, 1.54) is 0 Å². The van der Waals surface area contributed by atoms with E-state index in [1.54, 1.807) is 24.0 Å². The number of aryl methyl sites for hydroxylation is 1. The van der Waals surface area contributed by atoms with Gasteiger partial charge in [0.1, 0.15) is 16.8 Å². The third-order valence-corrected chi connectivity index (χ3v) is 5.31. The van der Waals surface area contributed by atoms with Gasteiger partial charge in [0.2, 0.25) is 0 Å². The lowest BCUT2D eigenvalue weighted by Crippen LogP contribution is -2.13. The molecule has 0 aliphatic rings. The Bertz CT molecular complexity index is 1430. The third kappa shape index (κ3) is 3.38. The van der Waals surface area contributed by atoms with Crippen LogP contribution < -0.4 is 10.1 Å². The fourth-order valence-electron chi connectivity index (χ4n) is 3.71. The van der Waals surface area contributed by atoms with Crippen molar-refractivity contribution in [3.8, 4) is 11.4 Å². The molecule has 0 saturated carbocycles. The van der Waals surface area contributed by atoms with Crippen LogP contribution in [0.25, 0.3) is 27.5 Å². The molecule has 0 spiro atoms. The van der Waals surface area contributed by atoms with Gasteiger partial charge < -0.3 is 10.1 Å². The summed E-state index contributed by atoms with van der Waals surface area (Å²) in [6.45, 7) is 1.94. The van der Waals surface area contributed by atoms with E-state index in [2.05, 4.69) is 33.7 Å². The molecule has 0 radical (unpaired) electrons. The number of rotatable bonds is 4. The highest BCUT2D eigenvalue weighted by molar-refractivity contribution is 6.07. The smallest absolute Gasteiger partial charge is 0.259 e. The van der Waals surface area contributed by atoms with Gasteiger partial charge in [-0.2, -0.15) is 0 Å². The molecule has 0 aliphatic heterocycles. The molecule has 0 aliphatic carbocycles. The number of nitrogens with zero attached hydrogens (tertiary/aromatic N) is 3. The molecule has 0 fully saturated rings. The molecule has 0 unspecified atom stereocenters. The predicted molar refractivity (Wildman–Crippen MR) is 122 cm³/mol. The molecule has 1 N–H and O–H groups in total. The average molecular weight is 408 g/mol. The summed E-state index contributed by atoms with van der Waals surface area (Å²) in [6, 6.07) is 25.1. The van der Waals surface area contributed by atoms with Crippen molar-refractivity contribution in [2.75, 3.05) is 12.4 Å². The van der Waals surface area contributed by atoms with Gasteiger partial charge >= 0.3 is 0 Å². The largest absolute Gasteiger partial charge is 0.496 e. The zero-order chi connectivity index (χ0) is 21.4. The van der Waals surface area contributed by atoms with Crippen LogP contribution >= 0.6 is 0 Å². The lowest BCUT2D eigenvalue weighted by atomic mass is 10.1. The molecule has 0 atom stereocenters. The van der Waals surface area contributed by atoms with Crippen LogP contribution in [0.2, 0.25) is 0 Å². The second-order valence-corrected chi connectivity index (χ2v) is 7.30. The van der Waals surface area contributed by atoms with E-state index in [4.69, 9.17) is 4.74 Å². The van der Waals surface area contributed by atoms with Crippen molar-refractivity contribution < 1.29 is 9.53 Å². The molecule has 6 nitrogen and oxygen atoms in total. The summed E-state index contributed by atoms with van der Waals surface area (Å²) in [6.07, 6.45) is 0. The Labute approximate surface area is 179 Å². The van der Waals surface area contributed by atoms with Crippen molar-refractivity contribution in [3.05, 3.63) is 90.0 Å². The summed E-state index contributed by atoms with van der Waals surface area (Å²) < 4.78 is 5.31. The van der Waals surface area contributed by atoms with Crippen molar-refractivity contribution >= 4 is 33.4 Å². The van der Waals surface area contributed by atoms with Crippen molar-refractivity contribution in [2.45, 2.75) is 6.92 Å². The summed E-state index contributed by atoms with van der Waals surface area (Å²) in [5.41, 5.74) is 4.44. The van der Waals surface area contributed by atoms with E-state index >= 15 is 0 Å². The minimum Gasteiger partial charge on any atom is -0.496 e. The van der Waals surface area contributed by atoms with Crippen LogP contribution in [-0.4, -0.2) is 28.0 Å². The summed E-state index contributed by atoms with van der Waals surface area (Å²) in [4.78, 5) is 14.5. The van der Waals surface area contributed by atoms with Crippen LogP contribution in [0.1, 0.15) is 15.9 Å². The number of hydrogen-bond acceptors (Lipinski definition) is 4. The lowest BCUT2D eigenvalue weighted by molar-refractivity contribution is 0.102. The van der Waals surface area contributed by atoms with Gasteiger partial charge in [-0.05, 0) is 48.2 Å². The number of anilines is 1. The standard InChI is InChI=1S/C25H20N4O2/c1-16-14-21-22(15-20(16)26-25(30)19-11-5-6-13-24(19)31-2)28-29(27-21)23-12-7-9-17-8-3-4-10-18(17)23/h3-15H,1-2H3,(H,26,30). The summed E-state index contributed by atoms with van der Waals surface area (Å²) in [5.74, 6) is 0.293. The molecule has 5 aromatic rings. The number of methoxy groups -OCH3 is 1. The number of benzene rings is 4. The van der Waals surface area contributed by atoms with Crippen LogP contribution in [0.3, 0.4) is 0 Å². The highest BCUT2D eigenvalue weighted by atomic mass is 16.5. The van der Waals surface area contributed by atoms with Crippen molar-refractivity contribution in [3.63, 3.8) is 0 Å².